The molecule has 6 amide bonds. The van der Waals surface area contributed by atoms with Crippen LogP contribution in [0.5, 0.6) is 0 Å². The SMILES string of the molecule is COC(=O)C1=C(C)NC(=O)N(C(=O)NCCCC(=O)Nc2cccc(C3CCN(C(=O)O)C(C(C)(C)C)C3)c2)C1c1ccc(F)c(F)c1. The minimum absolute atomic E-state index is 0.0207. The topological polar surface area (TPSA) is 157 Å². The van der Waals surface area contributed by atoms with Crippen LogP contribution in [0.2, 0.25) is 0 Å². The van der Waals surface area contributed by atoms with E-state index in [0.717, 1.165) is 24.8 Å². The highest BCUT2D eigenvalue weighted by Crippen LogP contribution is 2.40. The van der Waals surface area contributed by atoms with Crippen molar-refractivity contribution in [3.8, 4) is 0 Å². The van der Waals surface area contributed by atoms with E-state index in [1.807, 2.05) is 39.0 Å². The van der Waals surface area contributed by atoms with Gasteiger partial charge in [-0.25, -0.2) is 32.9 Å². The molecule has 48 heavy (non-hydrogen) atoms. The number of ether oxygens (including phenoxy) is 1. The Morgan fingerprint density at radius 1 is 1.06 bits per heavy atom. The number of allylic oxidation sites excluding steroid dienone is 1. The summed E-state index contributed by atoms with van der Waals surface area (Å²) in [6.07, 6.45) is 0.625. The molecule has 2 aliphatic rings. The van der Waals surface area contributed by atoms with Crippen molar-refractivity contribution < 1.29 is 42.6 Å². The zero-order valence-corrected chi connectivity index (χ0v) is 27.6. The molecule has 1 fully saturated rings. The molecule has 0 saturated carbocycles. The van der Waals surface area contributed by atoms with Gasteiger partial charge in [-0.2, -0.15) is 0 Å². The van der Waals surface area contributed by atoms with E-state index in [1.54, 1.807) is 6.07 Å². The Labute approximate surface area is 277 Å². The van der Waals surface area contributed by atoms with Gasteiger partial charge in [0.2, 0.25) is 5.91 Å². The average Bonchev–Trinajstić information content (AvgIpc) is 3.03. The maximum absolute atomic E-state index is 14.2. The largest absolute Gasteiger partial charge is 0.466 e. The van der Waals surface area contributed by atoms with Crippen LogP contribution in [-0.2, 0) is 14.3 Å². The normalized spacial score (nSPS) is 19.8. The minimum Gasteiger partial charge on any atom is -0.466 e. The second-order valence-corrected chi connectivity index (χ2v) is 13.0. The van der Waals surface area contributed by atoms with E-state index in [1.165, 1.54) is 17.9 Å². The Balaban J connectivity index is 1.37. The predicted molar refractivity (Wildman–Crippen MR) is 172 cm³/mol. The molecule has 1 saturated heterocycles. The first-order valence-electron chi connectivity index (χ1n) is 15.6. The first kappa shape index (κ1) is 35.8. The van der Waals surface area contributed by atoms with Crippen LogP contribution < -0.4 is 16.0 Å². The van der Waals surface area contributed by atoms with Crippen molar-refractivity contribution in [3.63, 3.8) is 0 Å². The van der Waals surface area contributed by atoms with Gasteiger partial charge in [0, 0.05) is 36.9 Å². The lowest BCUT2D eigenvalue weighted by atomic mass is 9.75. The number of amides is 6. The molecule has 2 heterocycles. The number of halogens is 2. The summed E-state index contributed by atoms with van der Waals surface area (Å²) in [7, 11) is 1.11. The molecule has 3 atom stereocenters. The summed E-state index contributed by atoms with van der Waals surface area (Å²) in [5, 5.41) is 17.5. The summed E-state index contributed by atoms with van der Waals surface area (Å²) in [6.45, 7) is 7.90. The van der Waals surface area contributed by atoms with Crippen molar-refractivity contribution in [2.75, 3.05) is 25.5 Å². The molecule has 3 unspecified atom stereocenters. The number of anilines is 1. The molecule has 4 N–H and O–H groups in total. The van der Waals surface area contributed by atoms with Crippen LogP contribution in [0, 0.1) is 17.0 Å². The van der Waals surface area contributed by atoms with Gasteiger partial charge >= 0.3 is 24.1 Å². The summed E-state index contributed by atoms with van der Waals surface area (Å²) < 4.78 is 32.7. The number of carboxylic acid groups (broad SMARTS) is 1. The first-order chi connectivity index (χ1) is 22.6. The highest BCUT2D eigenvalue weighted by Gasteiger charge is 2.42. The Hall–Kier alpha value is -5.01. The number of piperidine rings is 1. The quantitative estimate of drug-likeness (QED) is 0.202. The molecule has 0 bridgehead atoms. The van der Waals surface area contributed by atoms with Crippen LogP contribution in [0.25, 0.3) is 0 Å². The number of urea groups is 2. The van der Waals surface area contributed by atoms with Crippen molar-refractivity contribution in [1.82, 2.24) is 20.4 Å². The second kappa shape index (κ2) is 14.8. The summed E-state index contributed by atoms with van der Waals surface area (Å²) in [6, 6.07) is 6.88. The van der Waals surface area contributed by atoms with Gasteiger partial charge in [-0.05, 0) is 72.9 Å². The van der Waals surface area contributed by atoms with Gasteiger partial charge in [0.15, 0.2) is 11.6 Å². The Bertz CT molecular complexity index is 1620. The summed E-state index contributed by atoms with van der Waals surface area (Å²) in [5.41, 5.74) is 1.28. The zero-order valence-electron chi connectivity index (χ0n) is 27.6. The molecule has 0 aromatic heterocycles. The van der Waals surface area contributed by atoms with Crippen molar-refractivity contribution >= 4 is 35.7 Å². The lowest BCUT2D eigenvalue weighted by molar-refractivity contribution is -0.136. The van der Waals surface area contributed by atoms with Crippen LogP contribution >= 0.6 is 0 Å². The molecule has 2 aromatic rings. The number of nitrogens with one attached hydrogen (secondary N) is 3. The van der Waals surface area contributed by atoms with Crippen molar-refractivity contribution in [2.24, 2.45) is 5.41 Å². The number of nitrogens with zero attached hydrogens (tertiary/aromatic N) is 2. The Morgan fingerprint density at radius 3 is 2.44 bits per heavy atom. The van der Waals surface area contributed by atoms with Crippen molar-refractivity contribution in [2.45, 2.75) is 71.4 Å². The van der Waals surface area contributed by atoms with Gasteiger partial charge < -0.3 is 30.7 Å². The third-order valence-electron chi connectivity index (χ3n) is 8.68. The molecule has 0 spiro atoms. The Morgan fingerprint density at radius 2 is 1.79 bits per heavy atom. The molecular weight excluding hydrogens is 628 g/mol. The lowest BCUT2D eigenvalue weighted by Crippen LogP contribution is -2.54. The fourth-order valence-electron chi connectivity index (χ4n) is 6.26. The first-order valence-corrected chi connectivity index (χ1v) is 15.6. The molecule has 2 aliphatic heterocycles. The molecule has 0 radical (unpaired) electrons. The van der Waals surface area contributed by atoms with E-state index < -0.39 is 41.8 Å². The van der Waals surface area contributed by atoms with E-state index in [4.69, 9.17) is 4.74 Å². The number of esters is 1. The summed E-state index contributed by atoms with van der Waals surface area (Å²) >= 11 is 0. The number of imide groups is 1. The maximum atomic E-state index is 14.2. The predicted octanol–water partition coefficient (Wildman–Crippen LogP) is 5.88. The third-order valence-corrected chi connectivity index (χ3v) is 8.68. The van der Waals surface area contributed by atoms with Crippen LogP contribution in [0.3, 0.4) is 0 Å². The fourth-order valence-corrected chi connectivity index (χ4v) is 6.26. The molecule has 4 rings (SSSR count). The standard InChI is InChI=1S/C34H41F2N5O7/c1-19-28(30(43)48-5)29(22-11-12-24(35)25(36)17-22)41(32(45)38-19)31(44)37-14-7-10-27(42)39-23-9-6-8-20(16-23)21-13-15-40(33(46)47)26(18-21)34(2,3)4/h6,8-9,11-12,16-17,21,26,29H,7,10,13-15,18H2,1-5H3,(H,37,44)(H,38,45)(H,39,42)(H,46,47). The zero-order chi connectivity index (χ0) is 35.3. The molecule has 12 nitrogen and oxygen atoms in total. The van der Waals surface area contributed by atoms with E-state index in [9.17, 15) is 37.9 Å². The second-order valence-electron chi connectivity index (χ2n) is 13.0. The fraction of sp³-hybridized carbons (Fsp3) is 0.441. The summed E-state index contributed by atoms with van der Waals surface area (Å²) in [4.78, 5) is 65.6. The third kappa shape index (κ3) is 8.09. The monoisotopic (exact) mass is 669 g/mol. The molecule has 0 aliphatic carbocycles. The average molecular weight is 670 g/mol. The number of benzene rings is 2. The molecule has 2 aromatic carbocycles. The number of hydrogen-bond acceptors (Lipinski definition) is 6. The highest BCUT2D eigenvalue weighted by molar-refractivity contribution is 6.01. The molecule has 258 valence electrons. The summed E-state index contributed by atoms with van der Waals surface area (Å²) in [5.74, 6) is -3.43. The van der Waals surface area contributed by atoms with Crippen LogP contribution in [0.15, 0.2) is 53.7 Å². The van der Waals surface area contributed by atoms with E-state index in [-0.39, 0.29) is 59.5 Å². The number of rotatable bonds is 8. The van der Waals surface area contributed by atoms with Gasteiger partial charge in [0.25, 0.3) is 0 Å². The number of carbonyl (C=O) groups excluding carboxylic acids is 4. The number of likely N-dealkylation sites (tertiary alicyclic amines) is 1. The van der Waals surface area contributed by atoms with Gasteiger partial charge in [-0.15, -0.1) is 0 Å². The highest BCUT2D eigenvalue weighted by atomic mass is 19.2. The Kier molecular flexibility index (Phi) is 11.1. The van der Waals surface area contributed by atoms with Crippen LogP contribution in [0.1, 0.15) is 76.5 Å². The van der Waals surface area contributed by atoms with Gasteiger partial charge in [-0.3, -0.25) is 4.79 Å². The van der Waals surface area contributed by atoms with E-state index >= 15 is 0 Å². The van der Waals surface area contributed by atoms with Gasteiger partial charge in [0.05, 0.1) is 12.7 Å². The van der Waals surface area contributed by atoms with Crippen molar-refractivity contribution in [3.05, 3.63) is 76.5 Å². The van der Waals surface area contributed by atoms with Crippen molar-refractivity contribution in [1.29, 1.82) is 0 Å². The van der Waals surface area contributed by atoms with Gasteiger partial charge in [-0.1, -0.05) is 39.0 Å². The lowest BCUT2D eigenvalue weighted by Gasteiger charge is -2.44. The minimum atomic E-state index is -1.41. The number of carbonyl (C=O) groups is 5. The number of hydrogen-bond donors (Lipinski definition) is 4. The van der Waals surface area contributed by atoms with Crippen LogP contribution in [0.4, 0.5) is 28.9 Å². The van der Waals surface area contributed by atoms with Gasteiger partial charge in [0.1, 0.15) is 6.04 Å². The molecule has 14 heteroatoms. The maximum Gasteiger partial charge on any atom is 0.407 e. The van der Waals surface area contributed by atoms with E-state index in [2.05, 4.69) is 16.0 Å². The number of methoxy groups -OCH3 is 1. The van der Waals surface area contributed by atoms with E-state index in [0.29, 0.717) is 30.0 Å². The smallest absolute Gasteiger partial charge is 0.407 e. The molecular formula is C34H41F2N5O7. The van der Waals surface area contributed by atoms with Crippen LogP contribution in [-0.4, -0.2) is 71.2 Å².